The van der Waals surface area contributed by atoms with E-state index in [9.17, 15) is 0 Å². The summed E-state index contributed by atoms with van der Waals surface area (Å²) in [7, 11) is 1.94. The Morgan fingerprint density at radius 3 is 2.67 bits per heavy atom. The van der Waals surface area contributed by atoms with Crippen LogP contribution in [0, 0.1) is 0 Å². The summed E-state index contributed by atoms with van der Waals surface area (Å²) in [6.45, 7) is 1.75. The predicted octanol–water partition coefficient (Wildman–Crippen LogP) is 1.50. The normalized spacial score (nSPS) is 21.6. The number of nitrogens with one attached hydrogen (secondary N) is 1. The third-order valence-corrected chi connectivity index (χ3v) is 5.42. The van der Waals surface area contributed by atoms with Crippen molar-refractivity contribution < 1.29 is 4.74 Å². The van der Waals surface area contributed by atoms with Gasteiger partial charge in [0.05, 0.1) is 41.1 Å². The van der Waals surface area contributed by atoms with Crippen LogP contribution in [0.15, 0.2) is 36.8 Å². The fourth-order valence-corrected chi connectivity index (χ4v) is 4.06. The molecule has 0 aromatic carbocycles. The smallest absolute Gasteiger partial charge is 0.167 e. The first-order valence-electron chi connectivity index (χ1n) is 9.03. The molecule has 3 aliphatic rings. The predicted molar refractivity (Wildman–Crippen MR) is 98.3 cm³/mol. The highest BCUT2D eigenvalue weighted by Crippen LogP contribution is 2.34. The molecule has 3 saturated heterocycles. The van der Waals surface area contributed by atoms with E-state index in [4.69, 9.17) is 9.72 Å². The average molecular weight is 362 g/mol. The van der Waals surface area contributed by atoms with Crippen LogP contribution >= 0.6 is 0 Å². The van der Waals surface area contributed by atoms with Gasteiger partial charge in [0.2, 0.25) is 0 Å². The van der Waals surface area contributed by atoms with Crippen LogP contribution < -0.4 is 4.90 Å². The molecular formula is C18H18N8O. The number of aryl methyl sites for hydroxylation is 1. The summed E-state index contributed by atoms with van der Waals surface area (Å²) in [6.07, 6.45) is 7.15. The Morgan fingerprint density at radius 1 is 1.11 bits per heavy atom. The summed E-state index contributed by atoms with van der Waals surface area (Å²) in [5, 5.41) is 16.0. The lowest BCUT2D eigenvalue weighted by molar-refractivity contribution is -0.133. The summed E-state index contributed by atoms with van der Waals surface area (Å²) < 4.78 is 9.52. The van der Waals surface area contributed by atoms with Crippen molar-refractivity contribution in [1.29, 1.82) is 0 Å². The number of aromatic amines is 1. The van der Waals surface area contributed by atoms with Crippen LogP contribution in [-0.2, 0) is 11.8 Å². The van der Waals surface area contributed by atoms with Gasteiger partial charge in [-0.25, -0.2) is 9.50 Å². The zero-order chi connectivity index (χ0) is 18.0. The first-order valence-corrected chi connectivity index (χ1v) is 9.03. The Bertz CT molecular complexity index is 1110. The molecule has 9 nitrogen and oxygen atoms in total. The number of fused-ring (bicyclic) bond motifs is 3. The minimum Gasteiger partial charge on any atom is -0.371 e. The summed E-state index contributed by atoms with van der Waals surface area (Å²) in [5.41, 5.74) is 4.57. The summed E-state index contributed by atoms with van der Waals surface area (Å²) in [5.74, 6) is 0.943. The van der Waals surface area contributed by atoms with Gasteiger partial charge < -0.3 is 9.64 Å². The maximum absolute atomic E-state index is 5.79. The van der Waals surface area contributed by atoms with Crippen molar-refractivity contribution in [3.63, 3.8) is 0 Å². The second-order valence-electron chi connectivity index (χ2n) is 7.12. The Kier molecular flexibility index (Phi) is 2.98. The molecule has 27 heavy (non-hydrogen) atoms. The van der Waals surface area contributed by atoms with Crippen LogP contribution in [0.5, 0.6) is 0 Å². The van der Waals surface area contributed by atoms with Crippen molar-refractivity contribution >= 4 is 11.5 Å². The molecule has 1 N–H and O–H groups in total. The van der Waals surface area contributed by atoms with E-state index in [0.29, 0.717) is 12.2 Å². The molecule has 7 rings (SSSR count). The van der Waals surface area contributed by atoms with Crippen molar-refractivity contribution in [2.24, 2.45) is 7.05 Å². The molecule has 2 atom stereocenters. The number of hydrogen-bond donors (Lipinski definition) is 1. The Morgan fingerprint density at radius 2 is 1.96 bits per heavy atom. The topological polar surface area (TPSA) is 89.2 Å². The standard InChI is InChI=1S/C18H18N8O/c1-24-15(3-5-20-24)16-7-17(25-9-11-6-12(10-25)27-11)22-18-13(8-21-26(16)18)14-2-4-19-23-14/h2-5,7-8,11-12H,6,9-10H2,1H3,(H,19,23). The first-order chi connectivity index (χ1) is 13.3. The fraction of sp³-hybridized carbons (Fsp3) is 0.333. The van der Waals surface area contributed by atoms with Gasteiger partial charge in [-0.05, 0) is 12.1 Å². The van der Waals surface area contributed by atoms with Crippen LogP contribution in [-0.4, -0.2) is 59.9 Å². The molecule has 136 valence electrons. The molecule has 3 aliphatic heterocycles. The van der Waals surface area contributed by atoms with Gasteiger partial charge in [-0.3, -0.25) is 9.78 Å². The third-order valence-electron chi connectivity index (χ3n) is 5.42. The minimum atomic E-state index is 0.318. The summed E-state index contributed by atoms with van der Waals surface area (Å²) >= 11 is 0. The van der Waals surface area contributed by atoms with E-state index < -0.39 is 0 Å². The number of nitrogens with zero attached hydrogens (tertiary/aromatic N) is 7. The van der Waals surface area contributed by atoms with Crippen LogP contribution in [0.25, 0.3) is 28.3 Å². The molecule has 4 aromatic rings. The van der Waals surface area contributed by atoms with Gasteiger partial charge in [0.25, 0.3) is 0 Å². The Balaban J connectivity index is 1.57. The minimum absolute atomic E-state index is 0.318. The largest absolute Gasteiger partial charge is 0.371 e. The van der Waals surface area contributed by atoms with Gasteiger partial charge in [0.1, 0.15) is 5.82 Å². The number of ether oxygens (including phenoxy) is 1. The highest BCUT2D eigenvalue weighted by Gasteiger charge is 2.39. The van der Waals surface area contributed by atoms with Gasteiger partial charge in [-0.15, -0.1) is 0 Å². The summed E-state index contributed by atoms with van der Waals surface area (Å²) in [6, 6.07) is 6.02. The van der Waals surface area contributed by atoms with Gasteiger partial charge in [-0.1, -0.05) is 0 Å². The van der Waals surface area contributed by atoms with Gasteiger partial charge >= 0.3 is 0 Å². The van der Waals surface area contributed by atoms with E-state index in [2.05, 4.69) is 31.4 Å². The zero-order valence-corrected chi connectivity index (χ0v) is 14.8. The van der Waals surface area contributed by atoms with Crippen molar-refractivity contribution in [3.8, 4) is 22.6 Å². The third kappa shape index (κ3) is 2.21. The van der Waals surface area contributed by atoms with Crippen LogP contribution in [0.4, 0.5) is 5.82 Å². The number of aromatic nitrogens is 7. The van der Waals surface area contributed by atoms with E-state index >= 15 is 0 Å². The molecule has 0 spiro atoms. The second-order valence-corrected chi connectivity index (χ2v) is 7.12. The Hall–Kier alpha value is -3.20. The van der Waals surface area contributed by atoms with Crippen molar-refractivity contribution in [2.75, 3.05) is 18.0 Å². The summed E-state index contributed by atoms with van der Waals surface area (Å²) in [4.78, 5) is 7.27. The van der Waals surface area contributed by atoms with E-state index in [-0.39, 0.29) is 0 Å². The number of piperidine rings is 1. The van der Waals surface area contributed by atoms with Crippen molar-refractivity contribution in [2.45, 2.75) is 18.6 Å². The number of H-pyrrole nitrogens is 1. The SMILES string of the molecule is Cn1nccc1-c1cc(N2CC3CC(C2)O3)nc2c(-c3ccn[nH]3)cnn12. The first kappa shape index (κ1) is 14.9. The molecule has 4 aromatic heterocycles. The van der Waals surface area contributed by atoms with E-state index in [1.54, 1.807) is 12.4 Å². The molecule has 2 unspecified atom stereocenters. The molecule has 0 saturated carbocycles. The van der Waals surface area contributed by atoms with Crippen LogP contribution in [0.2, 0.25) is 0 Å². The van der Waals surface area contributed by atoms with Crippen LogP contribution in [0.1, 0.15) is 6.42 Å². The van der Waals surface area contributed by atoms with Crippen molar-refractivity contribution in [3.05, 3.63) is 36.8 Å². The lowest BCUT2D eigenvalue weighted by Gasteiger charge is -2.47. The quantitative estimate of drug-likeness (QED) is 0.594. The molecule has 0 aliphatic carbocycles. The van der Waals surface area contributed by atoms with Gasteiger partial charge in [0.15, 0.2) is 5.65 Å². The lowest BCUT2D eigenvalue weighted by Crippen LogP contribution is -2.57. The number of morpholine rings is 1. The Labute approximate surface area is 154 Å². The van der Waals surface area contributed by atoms with Gasteiger partial charge in [-0.2, -0.15) is 15.3 Å². The molecule has 2 bridgehead atoms. The van der Waals surface area contributed by atoms with E-state index in [0.717, 1.165) is 53.6 Å². The molecule has 0 radical (unpaired) electrons. The van der Waals surface area contributed by atoms with Gasteiger partial charge in [0, 0.05) is 45.0 Å². The molecule has 3 fully saturated rings. The average Bonchev–Trinajstić information content (AvgIpc) is 3.40. The second kappa shape index (κ2) is 5.40. The maximum Gasteiger partial charge on any atom is 0.167 e. The molecule has 9 heteroatoms. The van der Waals surface area contributed by atoms with Crippen LogP contribution in [0.3, 0.4) is 0 Å². The maximum atomic E-state index is 5.79. The monoisotopic (exact) mass is 362 g/mol. The molecule has 7 heterocycles. The van der Waals surface area contributed by atoms with Crippen molar-refractivity contribution in [1.82, 2.24) is 34.6 Å². The van der Waals surface area contributed by atoms with E-state index in [1.165, 1.54) is 0 Å². The number of anilines is 1. The highest BCUT2D eigenvalue weighted by molar-refractivity contribution is 5.78. The molecular weight excluding hydrogens is 344 g/mol. The number of rotatable bonds is 3. The van der Waals surface area contributed by atoms with E-state index in [1.807, 2.05) is 34.6 Å². The highest BCUT2D eigenvalue weighted by atomic mass is 16.5. The zero-order valence-electron chi connectivity index (χ0n) is 14.8. The molecule has 0 amide bonds. The fourth-order valence-electron chi connectivity index (χ4n) is 4.06. The number of hydrogen-bond acceptors (Lipinski definition) is 6. The lowest BCUT2D eigenvalue weighted by atomic mass is 9.99.